The van der Waals surface area contributed by atoms with E-state index in [4.69, 9.17) is 27.4 Å². The van der Waals surface area contributed by atoms with Crippen molar-refractivity contribution in [3.8, 4) is 0 Å². The van der Waals surface area contributed by atoms with E-state index in [0.717, 1.165) is 30.8 Å². The van der Waals surface area contributed by atoms with Gasteiger partial charge < -0.3 is 20.9 Å². The molecule has 2 bridgehead atoms. The van der Waals surface area contributed by atoms with Gasteiger partial charge in [-0.05, 0) is 55.6 Å². The first kappa shape index (κ1) is 20.6. The molecule has 1 aliphatic carbocycles. The molecule has 6 nitrogen and oxygen atoms in total. The third-order valence-electron chi connectivity index (χ3n) is 6.30. The average molecular weight is 395 g/mol. The number of aliphatic carboxylic acids is 1. The highest BCUT2D eigenvalue weighted by Crippen LogP contribution is 2.46. The molecular formula is C19H28BClN2O4. The molecule has 3 unspecified atom stereocenters. The van der Waals surface area contributed by atoms with Gasteiger partial charge in [-0.25, -0.2) is 0 Å². The van der Waals surface area contributed by atoms with Crippen molar-refractivity contribution in [1.29, 1.82) is 0 Å². The molecule has 0 radical (unpaired) electrons. The van der Waals surface area contributed by atoms with Gasteiger partial charge in [0.05, 0.1) is 0 Å². The molecule has 2 heterocycles. The Morgan fingerprint density at radius 3 is 2.37 bits per heavy atom. The zero-order valence-electron chi connectivity index (χ0n) is 15.4. The Kier molecular flexibility index (Phi) is 6.48. The SMILES string of the molecule is NC(CCCCB(O)O)(C(=O)O)C1CC2CC(C1)N2Cc1ccc(Cl)cc1. The number of fused-ring (bicyclic) bond motifs is 2. The summed E-state index contributed by atoms with van der Waals surface area (Å²) in [7, 11) is -1.34. The summed E-state index contributed by atoms with van der Waals surface area (Å²) < 4.78 is 0. The summed E-state index contributed by atoms with van der Waals surface area (Å²) in [6, 6.07) is 8.63. The highest BCUT2D eigenvalue weighted by atomic mass is 35.5. The second kappa shape index (κ2) is 8.49. The third kappa shape index (κ3) is 4.66. The Bertz CT molecular complexity index is 648. The van der Waals surface area contributed by atoms with Gasteiger partial charge in [0.25, 0.3) is 0 Å². The first-order chi connectivity index (χ1) is 12.8. The van der Waals surface area contributed by atoms with E-state index >= 15 is 0 Å². The molecule has 3 fully saturated rings. The second-order valence-corrected chi connectivity index (χ2v) is 8.52. The van der Waals surface area contributed by atoms with E-state index in [2.05, 4.69) is 4.90 Å². The van der Waals surface area contributed by atoms with Gasteiger partial charge in [0.2, 0.25) is 0 Å². The van der Waals surface area contributed by atoms with E-state index in [1.807, 2.05) is 24.3 Å². The van der Waals surface area contributed by atoms with E-state index < -0.39 is 18.6 Å². The number of benzene rings is 1. The van der Waals surface area contributed by atoms with Crippen molar-refractivity contribution in [1.82, 2.24) is 4.90 Å². The second-order valence-electron chi connectivity index (χ2n) is 8.08. The fourth-order valence-electron chi connectivity index (χ4n) is 4.67. The Balaban J connectivity index is 1.57. The maximum Gasteiger partial charge on any atom is 0.451 e. The highest BCUT2D eigenvalue weighted by molar-refractivity contribution is 6.40. The number of hydrogen-bond donors (Lipinski definition) is 4. The number of halogens is 1. The largest absolute Gasteiger partial charge is 0.480 e. The molecule has 1 aromatic rings. The predicted octanol–water partition coefficient (Wildman–Crippen LogP) is 2.12. The van der Waals surface area contributed by atoms with Gasteiger partial charge in [-0.3, -0.25) is 9.69 Å². The van der Waals surface area contributed by atoms with Crippen LogP contribution in [0.4, 0.5) is 0 Å². The number of unbranched alkanes of at least 4 members (excludes halogenated alkanes) is 1. The van der Waals surface area contributed by atoms with Crippen molar-refractivity contribution in [3.63, 3.8) is 0 Å². The Hall–Kier alpha value is -1.12. The summed E-state index contributed by atoms with van der Waals surface area (Å²) in [6.45, 7) is 0.859. The van der Waals surface area contributed by atoms with Crippen LogP contribution in [0.2, 0.25) is 11.3 Å². The molecule has 0 amide bonds. The molecule has 1 saturated carbocycles. The Labute approximate surface area is 165 Å². The van der Waals surface area contributed by atoms with Gasteiger partial charge in [-0.2, -0.15) is 0 Å². The lowest BCUT2D eigenvalue weighted by Crippen LogP contribution is -2.66. The van der Waals surface area contributed by atoms with Crippen LogP contribution in [0.3, 0.4) is 0 Å². The van der Waals surface area contributed by atoms with Crippen LogP contribution in [0.1, 0.15) is 44.1 Å². The van der Waals surface area contributed by atoms with Gasteiger partial charge in [0, 0.05) is 23.7 Å². The van der Waals surface area contributed by atoms with Crippen LogP contribution >= 0.6 is 11.6 Å². The van der Waals surface area contributed by atoms with Crippen LogP contribution in [-0.4, -0.2) is 50.8 Å². The molecule has 148 valence electrons. The van der Waals surface area contributed by atoms with Crippen LogP contribution in [0.5, 0.6) is 0 Å². The minimum Gasteiger partial charge on any atom is -0.480 e. The molecule has 3 aliphatic rings. The highest BCUT2D eigenvalue weighted by Gasteiger charge is 2.52. The maximum absolute atomic E-state index is 11.9. The van der Waals surface area contributed by atoms with Crippen molar-refractivity contribution < 1.29 is 19.9 Å². The lowest BCUT2D eigenvalue weighted by Gasteiger charge is -2.57. The van der Waals surface area contributed by atoms with Gasteiger partial charge in [-0.1, -0.05) is 36.6 Å². The quantitative estimate of drug-likeness (QED) is 0.377. The van der Waals surface area contributed by atoms with Crippen LogP contribution in [-0.2, 0) is 11.3 Å². The molecule has 2 saturated heterocycles. The topological polar surface area (TPSA) is 107 Å². The monoisotopic (exact) mass is 394 g/mol. The fourth-order valence-corrected chi connectivity index (χ4v) is 4.80. The standard InChI is InChI=1S/C19H28BClN2O4/c21-15-5-3-13(4-6-15)12-23-16-9-14(10-17(23)11-16)19(22,18(24)25)7-1-2-8-20(26)27/h3-6,14,16-17,26-27H,1-2,7-12,22H2,(H,24,25). The van der Waals surface area contributed by atoms with Crippen molar-refractivity contribution >= 4 is 24.7 Å². The minimum atomic E-state index is -1.34. The van der Waals surface area contributed by atoms with Crippen LogP contribution < -0.4 is 5.73 Å². The fraction of sp³-hybridized carbons (Fsp3) is 0.632. The number of nitrogens with zero attached hydrogens (tertiary/aromatic N) is 1. The van der Waals surface area contributed by atoms with Gasteiger partial charge in [-0.15, -0.1) is 0 Å². The van der Waals surface area contributed by atoms with E-state index in [9.17, 15) is 9.90 Å². The van der Waals surface area contributed by atoms with E-state index in [1.54, 1.807) is 0 Å². The normalized spacial score (nSPS) is 26.9. The van der Waals surface area contributed by atoms with E-state index in [0.29, 0.717) is 31.3 Å². The molecule has 27 heavy (non-hydrogen) atoms. The molecule has 2 aliphatic heterocycles. The lowest BCUT2D eigenvalue weighted by atomic mass is 9.64. The van der Waals surface area contributed by atoms with Gasteiger partial charge in [0.1, 0.15) is 5.54 Å². The molecular weight excluding hydrogens is 366 g/mol. The number of carboxylic acid groups (broad SMARTS) is 1. The first-order valence-corrected chi connectivity index (χ1v) is 10.1. The summed E-state index contributed by atoms with van der Waals surface area (Å²) in [5, 5.41) is 28.4. The molecule has 4 rings (SSSR count). The lowest BCUT2D eigenvalue weighted by molar-refractivity contribution is -0.151. The van der Waals surface area contributed by atoms with Crippen LogP contribution in [0.25, 0.3) is 0 Å². The zero-order chi connectivity index (χ0) is 19.6. The summed E-state index contributed by atoms with van der Waals surface area (Å²) in [6.07, 6.45) is 4.48. The van der Waals surface area contributed by atoms with Crippen molar-refractivity contribution in [2.45, 2.75) is 69.0 Å². The number of hydrogen-bond acceptors (Lipinski definition) is 5. The predicted molar refractivity (Wildman–Crippen MR) is 105 cm³/mol. The van der Waals surface area contributed by atoms with Crippen LogP contribution in [0.15, 0.2) is 24.3 Å². The number of nitrogens with two attached hydrogens (primary N) is 1. The number of rotatable bonds is 9. The Morgan fingerprint density at radius 1 is 1.19 bits per heavy atom. The number of carboxylic acids is 1. The summed E-state index contributed by atoms with van der Waals surface area (Å²) >= 11 is 5.95. The molecule has 0 spiro atoms. The maximum atomic E-state index is 11.9. The van der Waals surface area contributed by atoms with Gasteiger partial charge in [0.15, 0.2) is 0 Å². The van der Waals surface area contributed by atoms with Crippen molar-refractivity contribution in [3.05, 3.63) is 34.9 Å². The number of piperidine rings is 1. The molecule has 0 aromatic heterocycles. The Morgan fingerprint density at radius 2 is 1.81 bits per heavy atom. The zero-order valence-corrected chi connectivity index (χ0v) is 16.2. The third-order valence-corrected chi connectivity index (χ3v) is 6.56. The molecule has 1 aromatic carbocycles. The summed E-state index contributed by atoms with van der Waals surface area (Å²) in [5.41, 5.74) is 6.35. The van der Waals surface area contributed by atoms with E-state index in [1.165, 1.54) is 5.56 Å². The van der Waals surface area contributed by atoms with E-state index in [-0.39, 0.29) is 12.2 Å². The smallest absolute Gasteiger partial charge is 0.451 e. The molecule has 8 heteroatoms. The van der Waals surface area contributed by atoms with Crippen LogP contribution in [0, 0.1) is 5.92 Å². The molecule has 5 N–H and O–H groups in total. The molecule has 3 atom stereocenters. The minimum absolute atomic E-state index is 0.0423. The summed E-state index contributed by atoms with van der Waals surface area (Å²) in [4.78, 5) is 14.4. The average Bonchev–Trinajstić information content (AvgIpc) is 2.64. The summed E-state index contributed by atoms with van der Waals surface area (Å²) in [5.74, 6) is -0.984. The number of carbonyl (C=O) groups is 1. The van der Waals surface area contributed by atoms with Gasteiger partial charge >= 0.3 is 13.1 Å². The first-order valence-electron chi connectivity index (χ1n) is 9.68. The van der Waals surface area contributed by atoms with Crippen molar-refractivity contribution in [2.24, 2.45) is 11.7 Å². The van der Waals surface area contributed by atoms with Crippen molar-refractivity contribution in [2.75, 3.05) is 0 Å².